The first-order valence-corrected chi connectivity index (χ1v) is 10.1. The Morgan fingerprint density at radius 2 is 1.96 bits per heavy atom. The van der Waals surface area contributed by atoms with Crippen LogP contribution < -0.4 is 0 Å². The largest absolute Gasteiger partial charge is 0.444 e. The van der Waals surface area contributed by atoms with E-state index in [2.05, 4.69) is 0 Å². The van der Waals surface area contributed by atoms with Gasteiger partial charge in [-0.2, -0.15) is 0 Å². The van der Waals surface area contributed by atoms with Gasteiger partial charge < -0.3 is 14.5 Å². The van der Waals surface area contributed by atoms with Gasteiger partial charge in [-0.1, -0.05) is 29.3 Å². The van der Waals surface area contributed by atoms with Crippen molar-refractivity contribution < 1.29 is 14.3 Å². The highest BCUT2D eigenvalue weighted by atomic mass is 35.5. The van der Waals surface area contributed by atoms with Crippen LogP contribution in [-0.4, -0.2) is 47.0 Å². The SMILES string of the molecule is CCN(Cc1ccc(Cl)c(Cl)c1)C(=O)C1CCCN(C(=O)OC(C)(C)C)C1. The number of ether oxygens (including phenoxy) is 1. The fourth-order valence-electron chi connectivity index (χ4n) is 3.13. The Morgan fingerprint density at radius 1 is 1.26 bits per heavy atom. The maximum absolute atomic E-state index is 13.0. The molecule has 0 saturated carbocycles. The molecule has 1 saturated heterocycles. The number of amides is 2. The molecule has 0 radical (unpaired) electrons. The Bertz CT molecular complexity index is 688. The van der Waals surface area contributed by atoms with Gasteiger partial charge in [-0.3, -0.25) is 4.79 Å². The minimum absolute atomic E-state index is 0.0526. The molecule has 1 atom stereocenters. The van der Waals surface area contributed by atoms with Crippen LogP contribution in [0.25, 0.3) is 0 Å². The summed E-state index contributed by atoms with van der Waals surface area (Å²) in [6.45, 7) is 9.54. The molecule has 0 bridgehead atoms. The van der Waals surface area contributed by atoms with E-state index in [0.29, 0.717) is 36.2 Å². The molecule has 1 aromatic carbocycles. The topological polar surface area (TPSA) is 49.9 Å². The first-order valence-electron chi connectivity index (χ1n) is 9.31. The van der Waals surface area contributed by atoms with Gasteiger partial charge in [0.1, 0.15) is 5.60 Å². The number of nitrogens with zero attached hydrogens (tertiary/aromatic N) is 2. The number of carbonyl (C=O) groups excluding carboxylic acids is 2. The van der Waals surface area contributed by atoms with Gasteiger partial charge >= 0.3 is 6.09 Å². The maximum atomic E-state index is 13.0. The highest BCUT2D eigenvalue weighted by Crippen LogP contribution is 2.25. The molecule has 0 aliphatic carbocycles. The van der Waals surface area contributed by atoms with Gasteiger partial charge in [-0.05, 0) is 58.2 Å². The van der Waals surface area contributed by atoms with Crippen LogP contribution in [-0.2, 0) is 16.1 Å². The molecule has 5 nitrogen and oxygen atoms in total. The molecule has 150 valence electrons. The molecule has 1 heterocycles. The van der Waals surface area contributed by atoms with E-state index in [-0.39, 0.29) is 17.9 Å². The molecule has 2 rings (SSSR count). The van der Waals surface area contributed by atoms with E-state index in [9.17, 15) is 9.59 Å². The van der Waals surface area contributed by atoms with Gasteiger partial charge in [-0.25, -0.2) is 4.79 Å². The van der Waals surface area contributed by atoms with E-state index >= 15 is 0 Å². The summed E-state index contributed by atoms with van der Waals surface area (Å²) in [5.41, 5.74) is 0.386. The summed E-state index contributed by atoms with van der Waals surface area (Å²) in [5.74, 6) is -0.161. The Kier molecular flexibility index (Phi) is 7.40. The standard InChI is InChI=1S/C20H28Cl2N2O3/c1-5-23(12-14-8-9-16(21)17(22)11-14)18(25)15-7-6-10-24(13-15)19(26)27-20(2,3)4/h8-9,11,15H,5-7,10,12-13H2,1-4H3. The Hall–Kier alpha value is -1.46. The minimum Gasteiger partial charge on any atom is -0.444 e. The first-order chi connectivity index (χ1) is 12.6. The van der Waals surface area contributed by atoms with E-state index < -0.39 is 5.60 Å². The van der Waals surface area contributed by atoms with Crippen molar-refractivity contribution in [2.24, 2.45) is 5.92 Å². The summed E-state index contributed by atoms with van der Waals surface area (Å²) in [4.78, 5) is 28.8. The van der Waals surface area contributed by atoms with E-state index in [1.807, 2.05) is 33.8 Å². The third-order valence-electron chi connectivity index (χ3n) is 4.47. The van der Waals surface area contributed by atoms with Crippen LogP contribution in [0.5, 0.6) is 0 Å². The van der Waals surface area contributed by atoms with Crippen LogP contribution in [0, 0.1) is 5.92 Å². The molecule has 2 amide bonds. The summed E-state index contributed by atoms with van der Waals surface area (Å²) >= 11 is 12.0. The predicted molar refractivity (Wildman–Crippen MR) is 108 cm³/mol. The molecular formula is C20H28Cl2N2O3. The van der Waals surface area contributed by atoms with Crippen LogP contribution in [0.4, 0.5) is 4.79 Å². The van der Waals surface area contributed by atoms with E-state index in [1.165, 1.54) is 0 Å². The third-order valence-corrected chi connectivity index (χ3v) is 5.21. The number of benzene rings is 1. The average molecular weight is 415 g/mol. The number of likely N-dealkylation sites (tertiary alicyclic amines) is 1. The zero-order chi connectivity index (χ0) is 20.2. The van der Waals surface area contributed by atoms with Crippen molar-refractivity contribution in [2.75, 3.05) is 19.6 Å². The van der Waals surface area contributed by atoms with Gasteiger partial charge in [0.25, 0.3) is 0 Å². The lowest BCUT2D eigenvalue weighted by Gasteiger charge is -2.35. The lowest BCUT2D eigenvalue weighted by molar-refractivity contribution is -0.137. The van der Waals surface area contributed by atoms with Crippen LogP contribution in [0.2, 0.25) is 10.0 Å². The molecule has 1 aliphatic heterocycles. The van der Waals surface area contributed by atoms with Crippen molar-refractivity contribution in [3.63, 3.8) is 0 Å². The summed E-state index contributed by atoms with van der Waals surface area (Å²) in [7, 11) is 0. The zero-order valence-corrected chi connectivity index (χ0v) is 17.9. The fourth-order valence-corrected chi connectivity index (χ4v) is 3.45. The number of rotatable bonds is 4. The van der Waals surface area contributed by atoms with Crippen molar-refractivity contribution in [1.29, 1.82) is 0 Å². The Labute approximate surface area is 171 Å². The summed E-state index contributed by atoms with van der Waals surface area (Å²) in [6.07, 6.45) is 1.21. The fraction of sp³-hybridized carbons (Fsp3) is 0.600. The lowest BCUT2D eigenvalue weighted by atomic mass is 9.96. The second-order valence-corrected chi connectivity index (χ2v) is 8.68. The molecule has 0 spiro atoms. The van der Waals surface area contributed by atoms with Crippen LogP contribution in [0.1, 0.15) is 46.1 Å². The van der Waals surface area contributed by atoms with Crippen LogP contribution in [0.15, 0.2) is 18.2 Å². The van der Waals surface area contributed by atoms with Gasteiger partial charge in [0.05, 0.1) is 16.0 Å². The molecule has 27 heavy (non-hydrogen) atoms. The molecule has 1 aromatic rings. The molecule has 0 N–H and O–H groups in total. The number of hydrogen-bond donors (Lipinski definition) is 0. The lowest BCUT2D eigenvalue weighted by Crippen LogP contribution is -2.47. The molecule has 0 aromatic heterocycles. The van der Waals surface area contributed by atoms with Gasteiger partial charge in [0, 0.05) is 26.2 Å². The predicted octanol–water partition coefficient (Wildman–Crippen LogP) is 4.99. The normalized spacial score (nSPS) is 17.6. The summed E-state index contributed by atoms with van der Waals surface area (Å²) < 4.78 is 5.45. The van der Waals surface area contributed by atoms with Gasteiger partial charge in [0.2, 0.25) is 5.91 Å². The molecule has 1 fully saturated rings. The molecule has 1 unspecified atom stereocenters. The molecular weight excluding hydrogens is 387 g/mol. The second-order valence-electron chi connectivity index (χ2n) is 7.87. The number of piperidine rings is 1. The maximum Gasteiger partial charge on any atom is 0.410 e. The Balaban J connectivity index is 2.03. The van der Waals surface area contributed by atoms with Crippen LogP contribution in [0.3, 0.4) is 0 Å². The monoisotopic (exact) mass is 414 g/mol. The molecule has 1 aliphatic rings. The number of hydrogen-bond acceptors (Lipinski definition) is 3. The summed E-state index contributed by atoms with van der Waals surface area (Å²) in [5, 5.41) is 0.974. The summed E-state index contributed by atoms with van der Waals surface area (Å²) in [6, 6.07) is 5.40. The van der Waals surface area contributed by atoms with E-state index in [0.717, 1.165) is 18.4 Å². The van der Waals surface area contributed by atoms with E-state index in [4.69, 9.17) is 27.9 Å². The van der Waals surface area contributed by atoms with E-state index in [1.54, 1.807) is 21.9 Å². The number of carbonyl (C=O) groups is 2. The average Bonchev–Trinajstić information content (AvgIpc) is 2.60. The molecule has 7 heteroatoms. The van der Waals surface area contributed by atoms with Gasteiger partial charge in [-0.15, -0.1) is 0 Å². The van der Waals surface area contributed by atoms with Crippen molar-refractivity contribution in [1.82, 2.24) is 9.80 Å². The highest BCUT2D eigenvalue weighted by molar-refractivity contribution is 6.42. The highest BCUT2D eigenvalue weighted by Gasteiger charge is 2.32. The minimum atomic E-state index is -0.544. The van der Waals surface area contributed by atoms with Crippen molar-refractivity contribution in [3.8, 4) is 0 Å². The zero-order valence-electron chi connectivity index (χ0n) is 16.4. The third kappa shape index (κ3) is 6.28. The Morgan fingerprint density at radius 3 is 2.56 bits per heavy atom. The quantitative estimate of drug-likeness (QED) is 0.696. The van der Waals surface area contributed by atoms with Crippen LogP contribution >= 0.6 is 23.2 Å². The first kappa shape index (κ1) is 21.8. The van der Waals surface area contributed by atoms with Crippen molar-refractivity contribution in [3.05, 3.63) is 33.8 Å². The second kappa shape index (κ2) is 9.16. The number of halogens is 2. The van der Waals surface area contributed by atoms with Gasteiger partial charge in [0.15, 0.2) is 0 Å². The van der Waals surface area contributed by atoms with Crippen molar-refractivity contribution in [2.45, 2.75) is 52.7 Å². The van der Waals surface area contributed by atoms with Crippen molar-refractivity contribution >= 4 is 35.2 Å². The smallest absolute Gasteiger partial charge is 0.410 e.